The number of esters is 1. The van der Waals surface area contributed by atoms with Crippen molar-refractivity contribution in [3.8, 4) is 11.1 Å². The maximum atomic E-state index is 14.5. The zero-order chi connectivity index (χ0) is 19.0. The molecule has 0 saturated carbocycles. The fraction of sp³-hybridized carbons (Fsp3) is 0.158. The number of rotatable bonds is 3. The van der Waals surface area contributed by atoms with E-state index < -0.39 is 29.3 Å². The first-order valence-corrected chi connectivity index (χ1v) is 7.70. The second-order valence-electron chi connectivity index (χ2n) is 5.70. The highest BCUT2D eigenvalue weighted by Crippen LogP contribution is 2.36. The Balaban J connectivity index is 2.53. The molecular formula is C19H15F2NO4. The minimum Gasteiger partial charge on any atom is -0.467 e. The number of carbonyl (C=O) groups is 1. The highest BCUT2D eigenvalue weighted by Gasteiger charge is 2.29. The van der Waals surface area contributed by atoms with Crippen molar-refractivity contribution in [1.82, 2.24) is 4.57 Å². The van der Waals surface area contributed by atoms with Crippen molar-refractivity contribution < 1.29 is 23.4 Å². The third kappa shape index (κ3) is 2.66. The highest BCUT2D eigenvalue weighted by atomic mass is 19.2. The number of nitrogens with zero attached hydrogens (tertiary/aromatic N) is 1. The topological polar surface area (TPSA) is 68.5 Å². The van der Waals surface area contributed by atoms with Crippen molar-refractivity contribution in [3.63, 3.8) is 0 Å². The van der Waals surface area contributed by atoms with Gasteiger partial charge in [-0.05, 0) is 17.5 Å². The van der Waals surface area contributed by atoms with Crippen molar-refractivity contribution in [2.75, 3.05) is 7.11 Å². The number of aliphatic hydroxyl groups excluding tert-OH is 1. The van der Waals surface area contributed by atoms with Crippen molar-refractivity contribution in [2.24, 2.45) is 7.05 Å². The average molecular weight is 359 g/mol. The number of methoxy groups -OCH3 is 1. The van der Waals surface area contributed by atoms with Crippen molar-refractivity contribution in [2.45, 2.75) is 6.10 Å². The molecule has 7 heteroatoms. The lowest BCUT2D eigenvalue weighted by Crippen LogP contribution is -2.27. The Labute approximate surface area is 147 Å². The summed E-state index contributed by atoms with van der Waals surface area (Å²) in [7, 11) is 2.42. The standard InChI is InChI=1S/C19H15F2NO4/c1-22-16(17(23)19(25)26-2)14(12-8-5-9-13(20)15(12)21)10-6-3-4-7-11(10)18(22)24/h3-9,17,23H,1-2H3. The number of aliphatic hydroxyl groups is 1. The van der Waals surface area contributed by atoms with E-state index in [0.29, 0.717) is 0 Å². The van der Waals surface area contributed by atoms with Gasteiger partial charge in [0, 0.05) is 23.6 Å². The van der Waals surface area contributed by atoms with E-state index in [1.807, 2.05) is 0 Å². The fourth-order valence-corrected chi connectivity index (χ4v) is 3.01. The van der Waals surface area contributed by atoms with Gasteiger partial charge in [0.2, 0.25) is 0 Å². The molecule has 1 atom stereocenters. The van der Waals surface area contributed by atoms with Gasteiger partial charge in [0.25, 0.3) is 5.56 Å². The van der Waals surface area contributed by atoms with Gasteiger partial charge in [-0.1, -0.05) is 30.3 Å². The molecule has 134 valence electrons. The smallest absolute Gasteiger partial charge is 0.340 e. The quantitative estimate of drug-likeness (QED) is 0.730. The third-order valence-electron chi connectivity index (χ3n) is 4.25. The van der Waals surface area contributed by atoms with E-state index in [-0.39, 0.29) is 27.6 Å². The van der Waals surface area contributed by atoms with Crippen molar-refractivity contribution in [1.29, 1.82) is 0 Å². The van der Waals surface area contributed by atoms with E-state index in [1.54, 1.807) is 18.2 Å². The largest absolute Gasteiger partial charge is 0.467 e. The van der Waals surface area contributed by atoms with E-state index in [0.717, 1.165) is 17.7 Å². The first-order valence-electron chi connectivity index (χ1n) is 7.70. The molecule has 5 nitrogen and oxygen atoms in total. The lowest BCUT2D eigenvalue weighted by molar-refractivity contribution is -0.151. The van der Waals surface area contributed by atoms with E-state index in [2.05, 4.69) is 4.74 Å². The number of pyridine rings is 1. The Hall–Kier alpha value is -3.06. The first kappa shape index (κ1) is 17.8. The number of ether oxygens (including phenoxy) is 1. The molecular weight excluding hydrogens is 344 g/mol. The van der Waals surface area contributed by atoms with Crippen molar-refractivity contribution in [3.05, 3.63) is 70.1 Å². The molecule has 0 bridgehead atoms. The van der Waals surface area contributed by atoms with Gasteiger partial charge in [0.05, 0.1) is 12.8 Å². The van der Waals surface area contributed by atoms with Crippen LogP contribution in [-0.4, -0.2) is 22.8 Å². The predicted molar refractivity (Wildman–Crippen MR) is 91.5 cm³/mol. The Morgan fingerprint density at radius 2 is 1.77 bits per heavy atom. The second-order valence-corrected chi connectivity index (χ2v) is 5.70. The molecule has 1 unspecified atom stereocenters. The number of hydrogen-bond acceptors (Lipinski definition) is 4. The molecule has 2 aromatic carbocycles. The Morgan fingerprint density at radius 3 is 2.42 bits per heavy atom. The lowest BCUT2D eigenvalue weighted by atomic mass is 9.94. The lowest BCUT2D eigenvalue weighted by Gasteiger charge is -2.20. The molecule has 0 aliphatic rings. The van der Waals surface area contributed by atoms with Crippen LogP contribution in [0.3, 0.4) is 0 Å². The zero-order valence-corrected chi connectivity index (χ0v) is 14.0. The van der Waals surface area contributed by atoms with Gasteiger partial charge in [-0.3, -0.25) is 4.79 Å². The van der Waals surface area contributed by atoms with Crippen LogP contribution in [0.5, 0.6) is 0 Å². The normalized spacial score (nSPS) is 12.2. The number of aromatic nitrogens is 1. The minimum atomic E-state index is -1.85. The number of halogens is 2. The number of benzene rings is 2. The summed E-state index contributed by atoms with van der Waals surface area (Å²) in [6.45, 7) is 0. The van der Waals surface area contributed by atoms with Gasteiger partial charge in [-0.25, -0.2) is 13.6 Å². The van der Waals surface area contributed by atoms with E-state index in [4.69, 9.17) is 0 Å². The fourth-order valence-electron chi connectivity index (χ4n) is 3.01. The molecule has 0 fully saturated rings. The summed E-state index contributed by atoms with van der Waals surface area (Å²) >= 11 is 0. The van der Waals surface area contributed by atoms with E-state index >= 15 is 0 Å². The molecule has 0 amide bonds. The van der Waals surface area contributed by atoms with Crippen LogP contribution >= 0.6 is 0 Å². The maximum absolute atomic E-state index is 14.5. The Morgan fingerprint density at radius 1 is 1.12 bits per heavy atom. The monoisotopic (exact) mass is 359 g/mol. The predicted octanol–water partition coefficient (Wildman–Crippen LogP) is 2.69. The van der Waals surface area contributed by atoms with E-state index in [9.17, 15) is 23.5 Å². The first-order chi connectivity index (χ1) is 12.4. The Bertz CT molecular complexity index is 1080. The van der Waals surface area contributed by atoms with Crippen LogP contribution in [0.15, 0.2) is 47.3 Å². The highest BCUT2D eigenvalue weighted by molar-refractivity contribution is 5.99. The number of hydrogen-bond donors (Lipinski definition) is 1. The number of fused-ring (bicyclic) bond motifs is 1. The van der Waals surface area contributed by atoms with Crippen LogP contribution in [0.4, 0.5) is 8.78 Å². The molecule has 0 spiro atoms. The molecule has 26 heavy (non-hydrogen) atoms. The van der Waals surface area contributed by atoms with E-state index in [1.165, 1.54) is 25.2 Å². The third-order valence-corrected chi connectivity index (χ3v) is 4.25. The van der Waals surface area contributed by atoms with Crippen molar-refractivity contribution >= 4 is 16.7 Å². The molecule has 0 aliphatic heterocycles. The summed E-state index contributed by atoms with van der Waals surface area (Å²) in [5, 5.41) is 10.9. The summed E-state index contributed by atoms with van der Waals surface area (Å²) in [4.78, 5) is 24.5. The molecule has 1 N–H and O–H groups in total. The number of carbonyl (C=O) groups excluding carboxylic acids is 1. The van der Waals surface area contributed by atoms with Crippen LogP contribution in [-0.2, 0) is 16.6 Å². The van der Waals surface area contributed by atoms with Gasteiger partial charge in [0.1, 0.15) is 0 Å². The van der Waals surface area contributed by atoms with Crippen LogP contribution < -0.4 is 5.56 Å². The molecule has 0 saturated heterocycles. The van der Waals surface area contributed by atoms with Gasteiger partial charge >= 0.3 is 5.97 Å². The van der Waals surface area contributed by atoms with Crippen LogP contribution in [0, 0.1) is 11.6 Å². The molecule has 0 aliphatic carbocycles. The van der Waals surface area contributed by atoms with Crippen LogP contribution in [0.1, 0.15) is 11.8 Å². The van der Waals surface area contributed by atoms with Crippen LogP contribution in [0.25, 0.3) is 21.9 Å². The van der Waals surface area contributed by atoms with Gasteiger partial charge in [-0.15, -0.1) is 0 Å². The molecule has 1 heterocycles. The van der Waals surface area contributed by atoms with Gasteiger partial charge < -0.3 is 14.4 Å². The zero-order valence-electron chi connectivity index (χ0n) is 14.0. The average Bonchev–Trinajstić information content (AvgIpc) is 2.65. The summed E-state index contributed by atoms with van der Waals surface area (Å²) in [6, 6.07) is 9.92. The van der Waals surface area contributed by atoms with Crippen LogP contribution in [0.2, 0.25) is 0 Å². The molecule has 1 aromatic heterocycles. The second kappa shape index (κ2) is 6.68. The summed E-state index contributed by atoms with van der Waals surface area (Å²) in [6.07, 6.45) is -1.85. The molecule has 3 aromatic rings. The minimum absolute atomic E-state index is 0.0533. The molecule has 0 radical (unpaired) electrons. The summed E-state index contributed by atoms with van der Waals surface area (Å²) in [5.41, 5.74) is -0.781. The summed E-state index contributed by atoms with van der Waals surface area (Å²) < 4.78 is 33.9. The van der Waals surface area contributed by atoms with Gasteiger partial charge in [0.15, 0.2) is 17.7 Å². The summed E-state index contributed by atoms with van der Waals surface area (Å²) in [5.74, 6) is -3.25. The Kier molecular flexibility index (Phi) is 4.56. The molecule has 3 rings (SSSR count). The van der Waals surface area contributed by atoms with Gasteiger partial charge in [-0.2, -0.15) is 0 Å². The SMILES string of the molecule is COC(=O)C(O)c1c(-c2cccc(F)c2F)c2ccccc2c(=O)n1C. The maximum Gasteiger partial charge on any atom is 0.340 e.